The summed E-state index contributed by atoms with van der Waals surface area (Å²) in [6, 6.07) is 8.34. The second kappa shape index (κ2) is 5.46. The number of benzene rings is 1. The van der Waals surface area contributed by atoms with E-state index in [0.717, 1.165) is 25.1 Å². The smallest absolute Gasteiger partial charge is 0.204 e. The van der Waals surface area contributed by atoms with E-state index in [4.69, 9.17) is 5.84 Å². The van der Waals surface area contributed by atoms with E-state index < -0.39 is 0 Å². The molecule has 1 unspecified atom stereocenters. The van der Waals surface area contributed by atoms with Crippen LogP contribution in [-0.4, -0.2) is 38.7 Å². The second-order valence-corrected chi connectivity index (χ2v) is 5.14. The molecule has 3 N–H and O–H groups in total. The Morgan fingerprint density at radius 1 is 1.42 bits per heavy atom. The number of nitrogens with zero attached hydrogens (tertiary/aromatic N) is 4. The summed E-state index contributed by atoms with van der Waals surface area (Å²) in [7, 11) is 0. The molecule has 0 aliphatic carbocycles. The Hall–Kier alpha value is -1.79. The predicted molar refractivity (Wildman–Crippen MR) is 71.8 cm³/mol. The summed E-state index contributed by atoms with van der Waals surface area (Å²) in [5, 5.41) is 16.0. The molecule has 6 nitrogen and oxygen atoms in total. The number of nitrogens with one attached hydrogen (secondary N) is 1. The number of hydrogen-bond donors (Lipinski definition) is 2. The van der Waals surface area contributed by atoms with Gasteiger partial charge in [-0.2, -0.15) is 5.21 Å². The highest BCUT2D eigenvalue weighted by atomic mass is 15.5. The molecule has 6 heteroatoms. The summed E-state index contributed by atoms with van der Waals surface area (Å²) in [4.78, 5) is 0. The van der Waals surface area contributed by atoms with Crippen molar-refractivity contribution in [2.75, 3.05) is 13.1 Å². The van der Waals surface area contributed by atoms with Gasteiger partial charge in [0.15, 0.2) is 0 Å². The molecular formula is C13H18N6. The summed E-state index contributed by atoms with van der Waals surface area (Å²) >= 11 is 0. The molecule has 1 aromatic carbocycles. The molecule has 1 aliphatic rings. The minimum atomic E-state index is 0.638. The topological polar surface area (TPSA) is 83.7 Å². The van der Waals surface area contributed by atoms with Crippen LogP contribution in [0.1, 0.15) is 18.4 Å². The van der Waals surface area contributed by atoms with E-state index in [1.165, 1.54) is 18.4 Å². The minimum absolute atomic E-state index is 0.638. The lowest BCUT2D eigenvalue weighted by Gasteiger charge is -2.29. The maximum Gasteiger partial charge on any atom is 0.204 e. The van der Waals surface area contributed by atoms with Gasteiger partial charge in [-0.1, -0.05) is 18.2 Å². The normalized spacial score (nSPS) is 20.6. The van der Waals surface area contributed by atoms with Crippen molar-refractivity contribution >= 4 is 0 Å². The van der Waals surface area contributed by atoms with Gasteiger partial charge in [0.05, 0.1) is 0 Å². The molecule has 3 rings (SSSR count). The fourth-order valence-electron chi connectivity index (χ4n) is 2.72. The molecule has 100 valence electrons. The Kier molecular flexibility index (Phi) is 3.52. The van der Waals surface area contributed by atoms with E-state index in [2.05, 4.69) is 32.8 Å². The summed E-state index contributed by atoms with van der Waals surface area (Å²) in [5.41, 5.74) is 2.31. The number of nitrogens with two attached hydrogens (primary N) is 1. The van der Waals surface area contributed by atoms with Crippen molar-refractivity contribution in [1.29, 1.82) is 0 Å². The lowest BCUT2D eigenvalue weighted by atomic mass is 9.91. The van der Waals surface area contributed by atoms with Gasteiger partial charge in [0.1, 0.15) is 0 Å². The molecule has 0 bridgehead atoms. The van der Waals surface area contributed by atoms with E-state index in [1.807, 2.05) is 17.1 Å². The maximum atomic E-state index is 5.89. The van der Waals surface area contributed by atoms with Crippen molar-refractivity contribution in [2.24, 2.45) is 11.8 Å². The number of hydrogen-bond acceptors (Lipinski definition) is 5. The Morgan fingerprint density at radius 2 is 2.37 bits per heavy atom. The van der Waals surface area contributed by atoms with Crippen LogP contribution in [-0.2, 0) is 6.42 Å². The SMILES string of the molecule is NN1CCCC(Cc2cccc(-c3nn[nH]n3)c2)C1. The summed E-state index contributed by atoms with van der Waals surface area (Å²) in [6.07, 6.45) is 3.49. The van der Waals surface area contributed by atoms with Gasteiger partial charge in [0, 0.05) is 18.7 Å². The van der Waals surface area contributed by atoms with Gasteiger partial charge < -0.3 is 0 Å². The third-order valence-electron chi connectivity index (χ3n) is 3.61. The molecule has 1 fully saturated rings. The lowest BCUT2D eigenvalue weighted by Crippen LogP contribution is -2.40. The molecule has 0 spiro atoms. The van der Waals surface area contributed by atoms with Crippen LogP contribution < -0.4 is 5.84 Å². The van der Waals surface area contributed by atoms with Crippen LogP contribution in [0.2, 0.25) is 0 Å². The summed E-state index contributed by atoms with van der Waals surface area (Å²) in [5.74, 6) is 7.17. The van der Waals surface area contributed by atoms with Crippen molar-refractivity contribution in [3.8, 4) is 11.4 Å². The van der Waals surface area contributed by atoms with Crippen molar-refractivity contribution < 1.29 is 0 Å². The molecular weight excluding hydrogens is 240 g/mol. The number of aromatic amines is 1. The van der Waals surface area contributed by atoms with E-state index in [9.17, 15) is 0 Å². The van der Waals surface area contributed by atoms with E-state index in [0.29, 0.717) is 11.7 Å². The van der Waals surface area contributed by atoms with E-state index in [-0.39, 0.29) is 0 Å². The maximum absolute atomic E-state index is 5.89. The Balaban J connectivity index is 1.73. The molecule has 0 saturated carbocycles. The number of hydrazine groups is 1. The van der Waals surface area contributed by atoms with Gasteiger partial charge in [0.2, 0.25) is 5.82 Å². The van der Waals surface area contributed by atoms with Gasteiger partial charge >= 0.3 is 0 Å². The molecule has 0 radical (unpaired) electrons. The average molecular weight is 258 g/mol. The number of tetrazole rings is 1. The molecule has 1 atom stereocenters. The summed E-state index contributed by atoms with van der Waals surface area (Å²) < 4.78 is 0. The average Bonchev–Trinajstić information content (AvgIpc) is 2.93. The molecule has 1 aromatic heterocycles. The number of rotatable bonds is 3. The molecule has 1 saturated heterocycles. The van der Waals surface area contributed by atoms with Gasteiger partial charge in [-0.15, -0.1) is 10.2 Å². The van der Waals surface area contributed by atoms with Crippen LogP contribution in [0.25, 0.3) is 11.4 Å². The standard InChI is InChI=1S/C13H18N6/c14-19-6-2-4-11(9-19)7-10-3-1-5-12(8-10)13-15-17-18-16-13/h1,3,5,8,11H,2,4,6-7,9,14H2,(H,15,16,17,18). The van der Waals surface area contributed by atoms with Crippen LogP contribution in [0, 0.1) is 5.92 Å². The Labute approximate surface area is 112 Å². The first-order valence-electron chi connectivity index (χ1n) is 6.63. The number of H-pyrrole nitrogens is 1. The molecule has 0 amide bonds. The monoisotopic (exact) mass is 258 g/mol. The lowest BCUT2D eigenvalue weighted by molar-refractivity contribution is 0.177. The van der Waals surface area contributed by atoms with Crippen LogP contribution in [0.3, 0.4) is 0 Å². The minimum Gasteiger partial charge on any atom is -0.269 e. The van der Waals surface area contributed by atoms with Crippen molar-refractivity contribution in [1.82, 2.24) is 25.6 Å². The fourth-order valence-corrected chi connectivity index (χ4v) is 2.72. The molecule has 2 aromatic rings. The predicted octanol–water partition coefficient (Wildman–Crippen LogP) is 0.995. The van der Waals surface area contributed by atoms with E-state index >= 15 is 0 Å². The van der Waals surface area contributed by atoms with E-state index in [1.54, 1.807) is 0 Å². The highest BCUT2D eigenvalue weighted by Gasteiger charge is 2.18. The Bertz CT molecular complexity index is 524. The van der Waals surface area contributed by atoms with Gasteiger partial charge in [-0.3, -0.25) is 5.84 Å². The molecule has 19 heavy (non-hydrogen) atoms. The van der Waals surface area contributed by atoms with Crippen LogP contribution >= 0.6 is 0 Å². The first kappa shape index (κ1) is 12.3. The van der Waals surface area contributed by atoms with Crippen LogP contribution in [0.4, 0.5) is 0 Å². The first-order chi connectivity index (χ1) is 9.31. The highest BCUT2D eigenvalue weighted by Crippen LogP contribution is 2.22. The second-order valence-electron chi connectivity index (χ2n) is 5.14. The first-order valence-corrected chi connectivity index (χ1v) is 6.63. The van der Waals surface area contributed by atoms with Gasteiger partial charge in [-0.25, -0.2) is 5.01 Å². The fraction of sp³-hybridized carbons (Fsp3) is 0.462. The van der Waals surface area contributed by atoms with Crippen molar-refractivity contribution in [2.45, 2.75) is 19.3 Å². The quantitative estimate of drug-likeness (QED) is 0.802. The molecule has 2 heterocycles. The zero-order valence-electron chi connectivity index (χ0n) is 10.8. The third kappa shape index (κ3) is 2.97. The van der Waals surface area contributed by atoms with Gasteiger partial charge in [-0.05, 0) is 42.0 Å². The number of piperidine rings is 1. The number of aromatic nitrogens is 4. The van der Waals surface area contributed by atoms with Crippen LogP contribution in [0.5, 0.6) is 0 Å². The largest absolute Gasteiger partial charge is 0.269 e. The van der Waals surface area contributed by atoms with Crippen molar-refractivity contribution in [3.63, 3.8) is 0 Å². The zero-order valence-corrected chi connectivity index (χ0v) is 10.8. The highest BCUT2D eigenvalue weighted by molar-refractivity contribution is 5.54. The van der Waals surface area contributed by atoms with Crippen LogP contribution in [0.15, 0.2) is 24.3 Å². The Morgan fingerprint density at radius 3 is 3.16 bits per heavy atom. The van der Waals surface area contributed by atoms with Gasteiger partial charge in [0.25, 0.3) is 0 Å². The molecule has 1 aliphatic heterocycles. The third-order valence-corrected chi connectivity index (χ3v) is 3.61. The summed E-state index contributed by atoms with van der Waals surface area (Å²) in [6.45, 7) is 1.99. The zero-order chi connectivity index (χ0) is 13.1. The van der Waals surface area contributed by atoms with Crippen molar-refractivity contribution in [3.05, 3.63) is 29.8 Å².